The summed E-state index contributed by atoms with van der Waals surface area (Å²) in [6.45, 7) is 1.70. The van der Waals surface area contributed by atoms with Gasteiger partial charge in [-0.05, 0) is 11.6 Å². The van der Waals surface area contributed by atoms with E-state index < -0.39 is 29.2 Å². The number of nitrogens with zero attached hydrogens (tertiary/aromatic N) is 1. The van der Waals surface area contributed by atoms with E-state index in [1.807, 2.05) is 0 Å². The topological polar surface area (TPSA) is 15.3 Å². The molecule has 1 heterocycles. The van der Waals surface area contributed by atoms with E-state index in [-0.39, 0.29) is 5.56 Å². The van der Waals surface area contributed by atoms with Gasteiger partial charge < -0.3 is 5.32 Å². The van der Waals surface area contributed by atoms with Gasteiger partial charge in [0.25, 0.3) is 6.43 Å². The summed E-state index contributed by atoms with van der Waals surface area (Å²) in [6, 6.07) is 1.71. The first kappa shape index (κ1) is 16.5. The first-order valence-corrected chi connectivity index (χ1v) is 6.78. The summed E-state index contributed by atoms with van der Waals surface area (Å²) < 4.78 is 65.3. The van der Waals surface area contributed by atoms with Crippen LogP contribution in [0.3, 0.4) is 0 Å². The Morgan fingerprint density at radius 2 is 1.76 bits per heavy atom. The second kappa shape index (κ2) is 6.46. The van der Waals surface area contributed by atoms with Crippen LogP contribution in [-0.4, -0.2) is 37.5 Å². The summed E-state index contributed by atoms with van der Waals surface area (Å²) >= 11 is 5.76. The third-order valence-corrected chi connectivity index (χ3v) is 3.86. The molecule has 1 atom stereocenters. The molecule has 0 unspecified atom stereocenters. The minimum atomic E-state index is -4.66. The van der Waals surface area contributed by atoms with Gasteiger partial charge >= 0.3 is 6.18 Å². The largest absolute Gasteiger partial charge is 0.417 e. The van der Waals surface area contributed by atoms with Gasteiger partial charge in [0.05, 0.1) is 16.6 Å². The lowest BCUT2D eigenvalue weighted by atomic mass is 10.0. The van der Waals surface area contributed by atoms with E-state index in [0.29, 0.717) is 26.2 Å². The van der Waals surface area contributed by atoms with Crippen LogP contribution in [0.5, 0.6) is 0 Å². The lowest BCUT2D eigenvalue weighted by Gasteiger charge is -2.35. The predicted molar refractivity (Wildman–Crippen MR) is 69.6 cm³/mol. The van der Waals surface area contributed by atoms with Crippen LogP contribution in [0.1, 0.15) is 17.2 Å². The Balaban J connectivity index is 2.41. The average Bonchev–Trinajstić information content (AvgIpc) is 2.40. The second-order valence-electron chi connectivity index (χ2n) is 4.77. The number of alkyl halides is 5. The number of benzene rings is 1. The Labute approximate surface area is 123 Å². The summed E-state index contributed by atoms with van der Waals surface area (Å²) in [4.78, 5) is 1.46. The molecule has 1 fully saturated rings. The molecule has 0 aliphatic carbocycles. The van der Waals surface area contributed by atoms with Crippen molar-refractivity contribution in [1.82, 2.24) is 10.2 Å². The van der Waals surface area contributed by atoms with E-state index in [9.17, 15) is 22.0 Å². The lowest BCUT2D eigenvalue weighted by Crippen LogP contribution is -2.47. The molecule has 0 aromatic heterocycles. The monoisotopic (exact) mass is 328 g/mol. The van der Waals surface area contributed by atoms with Crippen LogP contribution < -0.4 is 5.32 Å². The van der Waals surface area contributed by atoms with Crippen LogP contribution >= 0.6 is 11.6 Å². The van der Waals surface area contributed by atoms with Gasteiger partial charge in [-0.2, -0.15) is 13.2 Å². The van der Waals surface area contributed by atoms with E-state index in [2.05, 4.69) is 5.32 Å². The van der Waals surface area contributed by atoms with Gasteiger partial charge in [-0.1, -0.05) is 23.7 Å². The SMILES string of the molecule is FC(F)[C@H](c1cccc(C(F)(F)F)c1Cl)N1CCNCC1. The second-order valence-corrected chi connectivity index (χ2v) is 5.15. The number of hydrogen-bond donors (Lipinski definition) is 1. The zero-order chi connectivity index (χ0) is 15.6. The average molecular weight is 329 g/mol. The number of halogens is 6. The van der Waals surface area contributed by atoms with Crippen LogP contribution in [0.2, 0.25) is 5.02 Å². The van der Waals surface area contributed by atoms with Gasteiger partial charge in [0.2, 0.25) is 0 Å². The highest BCUT2D eigenvalue weighted by Crippen LogP contribution is 2.40. The molecule has 1 N–H and O–H groups in total. The third-order valence-electron chi connectivity index (χ3n) is 3.44. The van der Waals surface area contributed by atoms with Crippen molar-refractivity contribution in [1.29, 1.82) is 0 Å². The summed E-state index contributed by atoms with van der Waals surface area (Å²) in [5.74, 6) is 0. The molecule has 0 bridgehead atoms. The Bertz CT molecular complexity index is 486. The standard InChI is InChI=1S/C13H14ClF5N2/c14-10-8(2-1-3-9(10)13(17,18)19)11(12(15)16)21-6-4-20-5-7-21/h1-3,11-12,20H,4-7H2/t11-/m0/s1. The van der Waals surface area contributed by atoms with Crippen molar-refractivity contribution in [2.45, 2.75) is 18.6 Å². The molecule has 1 aromatic carbocycles. The minimum absolute atomic E-state index is 0.177. The summed E-state index contributed by atoms with van der Waals surface area (Å²) in [6.07, 6.45) is -7.48. The van der Waals surface area contributed by atoms with Crippen molar-refractivity contribution in [3.63, 3.8) is 0 Å². The van der Waals surface area contributed by atoms with Gasteiger partial charge in [-0.25, -0.2) is 8.78 Å². The van der Waals surface area contributed by atoms with E-state index in [4.69, 9.17) is 11.6 Å². The van der Waals surface area contributed by atoms with E-state index in [1.54, 1.807) is 0 Å². The van der Waals surface area contributed by atoms with Crippen LogP contribution in [0.15, 0.2) is 18.2 Å². The highest BCUT2D eigenvalue weighted by Gasteiger charge is 2.38. The third kappa shape index (κ3) is 3.64. The van der Waals surface area contributed by atoms with E-state index >= 15 is 0 Å². The van der Waals surface area contributed by atoms with Crippen molar-refractivity contribution in [2.24, 2.45) is 0 Å². The van der Waals surface area contributed by atoms with Crippen LogP contribution in [0.25, 0.3) is 0 Å². The van der Waals surface area contributed by atoms with Gasteiger partial charge in [0.15, 0.2) is 0 Å². The molecule has 2 nitrogen and oxygen atoms in total. The Morgan fingerprint density at radius 1 is 1.14 bits per heavy atom. The highest BCUT2D eigenvalue weighted by molar-refractivity contribution is 6.32. The van der Waals surface area contributed by atoms with Crippen molar-refractivity contribution < 1.29 is 22.0 Å². The number of rotatable bonds is 3. The maximum Gasteiger partial charge on any atom is 0.417 e. The summed E-state index contributed by atoms with van der Waals surface area (Å²) in [5, 5.41) is 2.37. The molecule has 0 amide bonds. The van der Waals surface area contributed by atoms with Crippen molar-refractivity contribution >= 4 is 11.6 Å². The molecular formula is C13H14ClF5N2. The first-order chi connectivity index (χ1) is 9.82. The van der Waals surface area contributed by atoms with Gasteiger partial charge in [0.1, 0.15) is 0 Å². The number of hydrogen-bond acceptors (Lipinski definition) is 2. The smallest absolute Gasteiger partial charge is 0.314 e. The normalized spacial score (nSPS) is 19.0. The molecule has 0 saturated carbocycles. The van der Waals surface area contributed by atoms with Crippen molar-refractivity contribution in [2.75, 3.05) is 26.2 Å². The van der Waals surface area contributed by atoms with E-state index in [1.165, 1.54) is 11.0 Å². The van der Waals surface area contributed by atoms with Crippen molar-refractivity contribution in [3.8, 4) is 0 Å². The molecule has 1 aliphatic heterocycles. The Kier molecular flexibility index (Phi) is 5.06. The fraction of sp³-hybridized carbons (Fsp3) is 0.538. The molecule has 8 heteroatoms. The molecular weight excluding hydrogens is 315 g/mol. The molecule has 1 aromatic rings. The quantitative estimate of drug-likeness (QED) is 0.853. The summed E-state index contributed by atoms with van der Waals surface area (Å²) in [7, 11) is 0. The van der Waals surface area contributed by atoms with E-state index in [0.717, 1.165) is 12.1 Å². The molecule has 1 aliphatic rings. The van der Waals surface area contributed by atoms with Crippen LogP contribution in [0.4, 0.5) is 22.0 Å². The molecule has 0 spiro atoms. The molecule has 1 saturated heterocycles. The van der Waals surface area contributed by atoms with Gasteiger partial charge in [-0.15, -0.1) is 0 Å². The zero-order valence-electron chi connectivity index (χ0n) is 10.9. The summed E-state index contributed by atoms with van der Waals surface area (Å²) in [5.41, 5.74) is -1.26. The maximum atomic E-state index is 13.4. The highest BCUT2D eigenvalue weighted by atomic mass is 35.5. The maximum absolute atomic E-state index is 13.4. The number of piperazine rings is 1. The van der Waals surface area contributed by atoms with Gasteiger partial charge in [0, 0.05) is 26.2 Å². The predicted octanol–water partition coefficient (Wildman–Crippen LogP) is 3.57. The molecule has 118 valence electrons. The van der Waals surface area contributed by atoms with Crippen LogP contribution in [0, 0.1) is 0 Å². The molecule has 2 rings (SSSR count). The Morgan fingerprint density at radius 3 is 2.29 bits per heavy atom. The van der Waals surface area contributed by atoms with Crippen LogP contribution in [-0.2, 0) is 6.18 Å². The fourth-order valence-corrected chi connectivity index (χ4v) is 2.79. The zero-order valence-corrected chi connectivity index (χ0v) is 11.7. The van der Waals surface area contributed by atoms with Crippen molar-refractivity contribution in [3.05, 3.63) is 34.3 Å². The fourth-order valence-electron chi connectivity index (χ4n) is 2.45. The Hall–Kier alpha value is -0.920. The minimum Gasteiger partial charge on any atom is -0.314 e. The number of nitrogens with one attached hydrogen (secondary N) is 1. The molecule has 0 radical (unpaired) electrons. The lowest BCUT2D eigenvalue weighted by molar-refractivity contribution is -0.137. The molecule has 21 heavy (non-hydrogen) atoms. The van der Waals surface area contributed by atoms with Gasteiger partial charge in [-0.3, -0.25) is 4.90 Å². The first-order valence-electron chi connectivity index (χ1n) is 6.41.